The third-order valence-corrected chi connectivity index (χ3v) is 5.30. The van der Waals surface area contributed by atoms with Crippen LogP contribution in [0.2, 0.25) is 0 Å². The van der Waals surface area contributed by atoms with Crippen LogP contribution in [0.15, 0.2) is 28.7 Å². The molecule has 1 aromatic carbocycles. The molecule has 0 unspecified atom stereocenters. The SMILES string of the molecule is CSC1CCN(CCC(=O)c2cccc(Br)c2)CC1. The molecule has 0 amide bonds. The van der Waals surface area contributed by atoms with E-state index in [9.17, 15) is 4.79 Å². The van der Waals surface area contributed by atoms with Crippen LogP contribution in [-0.2, 0) is 0 Å². The van der Waals surface area contributed by atoms with Gasteiger partial charge in [0.1, 0.15) is 0 Å². The Kier molecular flexibility index (Phi) is 5.92. The summed E-state index contributed by atoms with van der Waals surface area (Å²) < 4.78 is 0.971. The van der Waals surface area contributed by atoms with Gasteiger partial charge in [0.25, 0.3) is 0 Å². The molecule has 0 bridgehead atoms. The Morgan fingerprint density at radius 3 is 2.79 bits per heavy atom. The average molecular weight is 342 g/mol. The summed E-state index contributed by atoms with van der Waals surface area (Å²) in [5, 5.41) is 0.817. The van der Waals surface area contributed by atoms with E-state index in [1.54, 1.807) is 0 Å². The lowest BCUT2D eigenvalue weighted by Gasteiger charge is -2.30. The number of thioether (sulfide) groups is 1. The van der Waals surface area contributed by atoms with E-state index in [2.05, 4.69) is 27.1 Å². The van der Waals surface area contributed by atoms with Gasteiger partial charge in [0.2, 0.25) is 0 Å². The van der Waals surface area contributed by atoms with Crippen LogP contribution in [-0.4, -0.2) is 41.8 Å². The molecular formula is C15H20BrNOS. The highest BCUT2D eigenvalue weighted by Crippen LogP contribution is 2.21. The van der Waals surface area contributed by atoms with E-state index < -0.39 is 0 Å². The molecule has 0 aromatic heterocycles. The monoisotopic (exact) mass is 341 g/mol. The van der Waals surface area contributed by atoms with Crippen LogP contribution in [0.4, 0.5) is 0 Å². The standard InChI is InChI=1S/C15H20BrNOS/c1-19-14-5-8-17(9-6-14)10-7-15(18)12-3-2-4-13(16)11-12/h2-4,11,14H,5-10H2,1H3. The molecule has 1 aliphatic rings. The van der Waals surface area contributed by atoms with Crippen molar-refractivity contribution in [1.82, 2.24) is 4.90 Å². The van der Waals surface area contributed by atoms with Crippen molar-refractivity contribution in [2.24, 2.45) is 0 Å². The highest BCUT2D eigenvalue weighted by Gasteiger charge is 2.18. The number of carbonyl (C=O) groups is 1. The quantitative estimate of drug-likeness (QED) is 0.758. The van der Waals surface area contributed by atoms with Gasteiger partial charge in [-0.25, -0.2) is 0 Å². The van der Waals surface area contributed by atoms with Crippen LogP contribution in [0.3, 0.4) is 0 Å². The predicted octanol–water partition coefficient (Wildman–Crippen LogP) is 3.85. The molecule has 1 fully saturated rings. The number of likely N-dealkylation sites (tertiary alicyclic amines) is 1. The number of benzene rings is 1. The molecule has 0 saturated carbocycles. The fourth-order valence-electron chi connectivity index (χ4n) is 2.43. The van der Waals surface area contributed by atoms with E-state index >= 15 is 0 Å². The lowest BCUT2D eigenvalue weighted by Crippen LogP contribution is -2.36. The smallest absolute Gasteiger partial charge is 0.164 e. The molecule has 1 saturated heterocycles. The van der Waals surface area contributed by atoms with Crippen LogP contribution in [0.1, 0.15) is 29.6 Å². The molecule has 1 aliphatic heterocycles. The number of hydrogen-bond donors (Lipinski definition) is 0. The van der Waals surface area contributed by atoms with Crippen LogP contribution >= 0.6 is 27.7 Å². The third kappa shape index (κ3) is 4.62. The minimum atomic E-state index is 0.244. The zero-order chi connectivity index (χ0) is 13.7. The van der Waals surface area contributed by atoms with E-state index in [-0.39, 0.29) is 5.78 Å². The zero-order valence-electron chi connectivity index (χ0n) is 11.3. The maximum atomic E-state index is 12.1. The Hall–Kier alpha value is -0.320. The Morgan fingerprint density at radius 2 is 2.16 bits per heavy atom. The molecule has 1 aromatic rings. The lowest BCUT2D eigenvalue weighted by molar-refractivity contribution is 0.0959. The van der Waals surface area contributed by atoms with Crippen LogP contribution in [0.5, 0.6) is 0 Å². The van der Waals surface area contributed by atoms with Crippen molar-refractivity contribution in [2.45, 2.75) is 24.5 Å². The number of nitrogens with zero attached hydrogens (tertiary/aromatic N) is 1. The molecule has 104 valence electrons. The highest BCUT2D eigenvalue weighted by molar-refractivity contribution is 9.10. The van der Waals surface area contributed by atoms with E-state index in [0.717, 1.165) is 34.9 Å². The Bertz CT molecular complexity index is 430. The molecule has 2 rings (SSSR count). The van der Waals surface area contributed by atoms with Gasteiger partial charge >= 0.3 is 0 Å². The van der Waals surface area contributed by atoms with Crippen molar-refractivity contribution in [3.63, 3.8) is 0 Å². The predicted molar refractivity (Wildman–Crippen MR) is 86.1 cm³/mol. The summed E-state index contributed by atoms with van der Waals surface area (Å²) in [6, 6.07) is 7.67. The molecule has 0 atom stereocenters. The fraction of sp³-hybridized carbons (Fsp3) is 0.533. The van der Waals surface area contributed by atoms with Crippen LogP contribution in [0.25, 0.3) is 0 Å². The van der Waals surface area contributed by atoms with E-state index in [0.29, 0.717) is 6.42 Å². The summed E-state index contributed by atoms with van der Waals surface area (Å²) in [7, 11) is 0. The lowest BCUT2D eigenvalue weighted by atomic mass is 10.1. The molecule has 0 N–H and O–H groups in total. The molecule has 0 spiro atoms. The maximum absolute atomic E-state index is 12.1. The van der Waals surface area contributed by atoms with Crippen molar-refractivity contribution in [2.75, 3.05) is 25.9 Å². The number of halogens is 1. The first kappa shape index (κ1) is 15.1. The summed E-state index contributed by atoms with van der Waals surface area (Å²) in [6.45, 7) is 3.17. The first-order valence-corrected chi connectivity index (χ1v) is 8.81. The van der Waals surface area contributed by atoms with Gasteiger partial charge in [0.05, 0.1) is 0 Å². The van der Waals surface area contributed by atoms with Gasteiger partial charge in [-0.05, 0) is 44.3 Å². The van der Waals surface area contributed by atoms with Gasteiger partial charge in [-0.3, -0.25) is 4.79 Å². The Morgan fingerprint density at radius 1 is 1.42 bits per heavy atom. The number of ketones is 1. The zero-order valence-corrected chi connectivity index (χ0v) is 13.7. The van der Waals surface area contributed by atoms with E-state index in [1.165, 1.54) is 12.8 Å². The molecule has 1 heterocycles. The number of hydrogen-bond acceptors (Lipinski definition) is 3. The highest BCUT2D eigenvalue weighted by atomic mass is 79.9. The topological polar surface area (TPSA) is 20.3 Å². The van der Waals surface area contributed by atoms with Gasteiger partial charge in [-0.2, -0.15) is 11.8 Å². The Labute approximate surface area is 128 Å². The molecule has 4 heteroatoms. The maximum Gasteiger partial charge on any atom is 0.164 e. The van der Waals surface area contributed by atoms with Crippen molar-refractivity contribution in [1.29, 1.82) is 0 Å². The molecule has 2 nitrogen and oxygen atoms in total. The molecular weight excluding hydrogens is 322 g/mol. The van der Waals surface area contributed by atoms with Crippen LogP contribution < -0.4 is 0 Å². The summed E-state index contributed by atoms with van der Waals surface area (Å²) >= 11 is 5.38. The van der Waals surface area contributed by atoms with Crippen LogP contribution in [0, 0.1) is 0 Å². The van der Waals surface area contributed by atoms with Gasteiger partial charge in [-0.15, -0.1) is 0 Å². The minimum absolute atomic E-state index is 0.244. The summed E-state index contributed by atoms with van der Waals surface area (Å²) in [5.41, 5.74) is 0.813. The Balaban J connectivity index is 1.78. The normalized spacial score (nSPS) is 17.6. The first-order valence-electron chi connectivity index (χ1n) is 6.73. The number of Topliss-reactive ketones (excluding diaryl/α,β-unsaturated/α-hetero) is 1. The van der Waals surface area contributed by atoms with Crippen molar-refractivity contribution >= 4 is 33.5 Å². The van der Waals surface area contributed by atoms with Gasteiger partial charge in [0, 0.05) is 28.3 Å². The van der Waals surface area contributed by atoms with Gasteiger partial charge in [-0.1, -0.05) is 28.1 Å². The number of carbonyl (C=O) groups excluding carboxylic acids is 1. The second-order valence-electron chi connectivity index (χ2n) is 4.96. The summed E-state index contributed by atoms with van der Waals surface area (Å²) in [6.07, 6.45) is 5.33. The van der Waals surface area contributed by atoms with E-state index in [4.69, 9.17) is 0 Å². The molecule has 0 radical (unpaired) electrons. The third-order valence-electron chi connectivity index (χ3n) is 3.67. The molecule has 19 heavy (non-hydrogen) atoms. The first-order chi connectivity index (χ1) is 9.19. The second kappa shape index (κ2) is 7.46. The van der Waals surface area contributed by atoms with Crippen molar-refractivity contribution in [3.8, 4) is 0 Å². The largest absolute Gasteiger partial charge is 0.303 e. The van der Waals surface area contributed by atoms with Gasteiger partial charge in [0.15, 0.2) is 5.78 Å². The minimum Gasteiger partial charge on any atom is -0.303 e. The molecule has 0 aliphatic carbocycles. The van der Waals surface area contributed by atoms with Crippen molar-refractivity contribution in [3.05, 3.63) is 34.3 Å². The average Bonchev–Trinajstić information content (AvgIpc) is 2.45. The van der Waals surface area contributed by atoms with Crippen molar-refractivity contribution < 1.29 is 4.79 Å². The summed E-state index contributed by atoms with van der Waals surface area (Å²) in [4.78, 5) is 14.5. The second-order valence-corrected chi connectivity index (χ2v) is 7.01. The van der Waals surface area contributed by atoms with E-state index in [1.807, 2.05) is 36.0 Å². The summed E-state index contributed by atoms with van der Waals surface area (Å²) in [5.74, 6) is 0.244. The number of piperidine rings is 1. The van der Waals surface area contributed by atoms with Gasteiger partial charge < -0.3 is 4.90 Å². The fourth-order valence-corrected chi connectivity index (χ4v) is 3.52. The number of rotatable bonds is 5.